The number of hydrogen-bond acceptors (Lipinski definition) is 8. The molecule has 2 aromatic heterocycles. The zero-order valence-electron chi connectivity index (χ0n) is 12.6. The summed E-state index contributed by atoms with van der Waals surface area (Å²) in [5.41, 5.74) is 12.5. The van der Waals surface area contributed by atoms with Crippen molar-refractivity contribution in [1.82, 2.24) is 29.9 Å². The van der Waals surface area contributed by atoms with E-state index in [4.69, 9.17) is 11.5 Å². The van der Waals surface area contributed by atoms with Gasteiger partial charge >= 0.3 is 0 Å². The van der Waals surface area contributed by atoms with Crippen molar-refractivity contribution >= 4 is 11.9 Å². The van der Waals surface area contributed by atoms with E-state index in [1.165, 1.54) is 0 Å². The second-order valence-electron chi connectivity index (χ2n) is 5.04. The molecular formula is C12H21N9. The van der Waals surface area contributed by atoms with Crippen LogP contribution in [0.25, 0.3) is 0 Å². The zero-order valence-corrected chi connectivity index (χ0v) is 12.6. The zero-order chi connectivity index (χ0) is 15.4. The Labute approximate surface area is 123 Å². The van der Waals surface area contributed by atoms with E-state index in [1.807, 2.05) is 20.3 Å². The van der Waals surface area contributed by atoms with E-state index in [-0.39, 0.29) is 12.0 Å². The Hall–Kier alpha value is -2.29. The molecule has 9 heteroatoms. The maximum atomic E-state index is 6.02. The van der Waals surface area contributed by atoms with E-state index in [9.17, 15) is 0 Å². The summed E-state index contributed by atoms with van der Waals surface area (Å²) >= 11 is 0. The fraction of sp³-hybridized carbons (Fsp3) is 0.583. The summed E-state index contributed by atoms with van der Waals surface area (Å²) in [5, 5.41) is 8.14. The lowest BCUT2D eigenvalue weighted by molar-refractivity contribution is 0.613. The predicted octanol–water partition coefficient (Wildman–Crippen LogP) is -0.0405. The average molecular weight is 291 g/mol. The number of aromatic nitrogens is 6. The van der Waals surface area contributed by atoms with Gasteiger partial charge in [0.15, 0.2) is 5.82 Å². The largest absolute Gasteiger partial charge is 0.368 e. The molecule has 2 heterocycles. The smallest absolute Gasteiger partial charge is 0.229 e. The molecule has 0 aliphatic carbocycles. The molecule has 0 radical (unpaired) electrons. The quantitative estimate of drug-likeness (QED) is 0.759. The van der Waals surface area contributed by atoms with E-state index >= 15 is 0 Å². The van der Waals surface area contributed by atoms with Crippen molar-refractivity contribution in [3.05, 3.63) is 17.7 Å². The first-order valence-corrected chi connectivity index (χ1v) is 6.83. The summed E-state index contributed by atoms with van der Waals surface area (Å²) in [6.07, 6.45) is 3.70. The van der Waals surface area contributed by atoms with Crippen LogP contribution in [0.4, 0.5) is 11.9 Å². The molecular weight excluding hydrogens is 270 g/mol. The van der Waals surface area contributed by atoms with Gasteiger partial charge in [-0.15, -0.1) is 5.10 Å². The van der Waals surface area contributed by atoms with Gasteiger partial charge in [0.25, 0.3) is 0 Å². The van der Waals surface area contributed by atoms with Gasteiger partial charge in [0, 0.05) is 14.1 Å². The second kappa shape index (κ2) is 6.44. The Morgan fingerprint density at radius 2 is 2.05 bits per heavy atom. The molecule has 0 bridgehead atoms. The highest BCUT2D eigenvalue weighted by Gasteiger charge is 2.12. The molecule has 0 aromatic carbocycles. The van der Waals surface area contributed by atoms with Crippen molar-refractivity contribution < 1.29 is 0 Å². The molecule has 4 N–H and O–H groups in total. The maximum Gasteiger partial charge on any atom is 0.229 e. The van der Waals surface area contributed by atoms with Crippen LogP contribution in [-0.2, 0) is 6.54 Å². The summed E-state index contributed by atoms with van der Waals surface area (Å²) in [5.74, 6) is 1.24. The van der Waals surface area contributed by atoms with Gasteiger partial charge in [-0.05, 0) is 6.42 Å². The van der Waals surface area contributed by atoms with E-state index in [1.54, 1.807) is 9.58 Å². The lowest BCUT2D eigenvalue weighted by Gasteiger charge is -2.11. The van der Waals surface area contributed by atoms with Crippen molar-refractivity contribution in [2.75, 3.05) is 24.7 Å². The lowest BCUT2D eigenvalue weighted by Crippen LogP contribution is -2.17. The first-order valence-electron chi connectivity index (χ1n) is 6.83. The maximum absolute atomic E-state index is 6.02. The molecule has 0 aliphatic rings. The summed E-state index contributed by atoms with van der Waals surface area (Å²) in [4.78, 5) is 14.3. The molecule has 21 heavy (non-hydrogen) atoms. The van der Waals surface area contributed by atoms with Gasteiger partial charge in [-0.3, -0.25) is 0 Å². The molecule has 0 amide bonds. The Balaban J connectivity index is 2.15. The van der Waals surface area contributed by atoms with Crippen LogP contribution in [-0.4, -0.2) is 44.0 Å². The van der Waals surface area contributed by atoms with Crippen LogP contribution in [0.1, 0.15) is 37.3 Å². The van der Waals surface area contributed by atoms with E-state index in [0.717, 1.165) is 18.5 Å². The molecule has 1 atom stereocenters. The number of nitrogens with two attached hydrogens (primary N) is 2. The first kappa shape index (κ1) is 15.1. The van der Waals surface area contributed by atoms with Crippen molar-refractivity contribution in [2.24, 2.45) is 5.73 Å². The van der Waals surface area contributed by atoms with Crippen molar-refractivity contribution in [1.29, 1.82) is 0 Å². The van der Waals surface area contributed by atoms with Crippen molar-refractivity contribution in [3.63, 3.8) is 0 Å². The van der Waals surface area contributed by atoms with E-state index < -0.39 is 0 Å². The molecule has 9 nitrogen and oxygen atoms in total. The molecule has 2 aromatic rings. The Kier molecular flexibility index (Phi) is 4.63. The van der Waals surface area contributed by atoms with Crippen LogP contribution < -0.4 is 16.4 Å². The van der Waals surface area contributed by atoms with Gasteiger partial charge < -0.3 is 16.4 Å². The summed E-state index contributed by atoms with van der Waals surface area (Å²) in [6, 6.07) is -0.0930. The lowest BCUT2D eigenvalue weighted by atomic mass is 10.1. The number of nitrogens with zero attached hydrogens (tertiary/aromatic N) is 7. The number of hydrogen-bond donors (Lipinski definition) is 2. The normalized spacial score (nSPS) is 12.4. The van der Waals surface area contributed by atoms with Gasteiger partial charge in [0.2, 0.25) is 11.9 Å². The van der Waals surface area contributed by atoms with E-state index in [0.29, 0.717) is 18.3 Å². The Morgan fingerprint density at radius 1 is 1.29 bits per heavy atom. The van der Waals surface area contributed by atoms with Gasteiger partial charge in [-0.1, -0.05) is 18.6 Å². The minimum Gasteiger partial charge on any atom is -0.368 e. The monoisotopic (exact) mass is 291 g/mol. The first-order chi connectivity index (χ1) is 9.99. The molecule has 2 rings (SSSR count). The highest BCUT2D eigenvalue weighted by Crippen LogP contribution is 2.12. The predicted molar refractivity (Wildman–Crippen MR) is 79.5 cm³/mol. The standard InChI is InChI=1S/C12H21N9/c1-4-5-8(13)9-6-21(19-18-9)7-10-15-11(14)17-12(16-10)20(2)3/h6,8H,4-5,7,13H2,1-3H3,(H2,14,15,16,17). The highest BCUT2D eigenvalue weighted by molar-refractivity contribution is 5.32. The molecule has 0 saturated heterocycles. The summed E-state index contributed by atoms with van der Waals surface area (Å²) in [7, 11) is 3.69. The van der Waals surface area contributed by atoms with E-state index in [2.05, 4.69) is 32.2 Å². The highest BCUT2D eigenvalue weighted by atomic mass is 15.4. The molecule has 114 valence electrons. The van der Waals surface area contributed by atoms with Gasteiger partial charge in [-0.25, -0.2) is 4.68 Å². The molecule has 1 unspecified atom stereocenters. The van der Waals surface area contributed by atoms with Gasteiger partial charge in [-0.2, -0.15) is 15.0 Å². The van der Waals surface area contributed by atoms with Crippen LogP contribution in [0.2, 0.25) is 0 Å². The summed E-state index contributed by atoms with van der Waals surface area (Å²) < 4.78 is 1.65. The van der Waals surface area contributed by atoms with Crippen molar-refractivity contribution in [2.45, 2.75) is 32.4 Å². The second-order valence-corrected chi connectivity index (χ2v) is 5.04. The molecule has 0 spiro atoms. The number of anilines is 2. The minimum atomic E-state index is -0.0930. The SMILES string of the molecule is CCCC(N)c1cn(Cc2nc(N)nc(N(C)C)n2)nn1. The molecule has 0 fully saturated rings. The third-order valence-corrected chi connectivity index (χ3v) is 2.93. The van der Waals surface area contributed by atoms with Crippen LogP contribution in [0.3, 0.4) is 0 Å². The Bertz CT molecular complexity index is 592. The third kappa shape index (κ3) is 3.85. The van der Waals surface area contributed by atoms with Crippen molar-refractivity contribution in [3.8, 4) is 0 Å². The van der Waals surface area contributed by atoms with Crippen LogP contribution in [0.5, 0.6) is 0 Å². The topological polar surface area (TPSA) is 125 Å². The molecule has 0 saturated carbocycles. The Morgan fingerprint density at radius 3 is 2.71 bits per heavy atom. The van der Waals surface area contributed by atoms with Crippen LogP contribution in [0, 0.1) is 0 Å². The fourth-order valence-corrected chi connectivity index (χ4v) is 1.86. The van der Waals surface area contributed by atoms with Crippen LogP contribution >= 0.6 is 0 Å². The fourth-order valence-electron chi connectivity index (χ4n) is 1.86. The van der Waals surface area contributed by atoms with Gasteiger partial charge in [0.1, 0.15) is 6.54 Å². The van der Waals surface area contributed by atoms with Crippen LogP contribution in [0.15, 0.2) is 6.20 Å². The third-order valence-electron chi connectivity index (χ3n) is 2.93. The number of nitrogen functional groups attached to an aromatic ring is 1. The number of rotatable bonds is 6. The minimum absolute atomic E-state index is 0.0930. The molecule has 0 aliphatic heterocycles. The van der Waals surface area contributed by atoms with Gasteiger partial charge in [0.05, 0.1) is 17.9 Å². The summed E-state index contributed by atoms with van der Waals surface area (Å²) in [6.45, 7) is 2.46. The average Bonchev–Trinajstić information content (AvgIpc) is 2.87.